The Hall–Kier alpha value is -11.9. The maximum Gasteiger partial charge on any atom is 0.159 e. The van der Waals surface area contributed by atoms with Crippen molar-refractivity contribution in [2.75, 3.05) is 46.2 Å². The number of hydrogen-bond donors (Lipinski definition) is 0. The Bertz CT molecular complexity index is 6040. The summed E-state index contributed by atoms with van der Waals surface area (Å²) in [5.41, 5.74) is 20.3. The van der Waals surface area contributed by atoms with E-state index in [0.29, 0.717) is 11.5 Å². The number of pyridine rings is 2. The van der Waals surface area contributed by atoms with E-state index in [4.69, 9.17) is 35.0 Å². The van der Waals surface area contributed by atoms with Crippen molar-refractivity contribution < 1.29 is 30.0 Å². The smallest absolute Gasteiger partial charge is 0.159 e. The summed E-state index contributed by atoms with van der Waals surface area (Å²) >= 11 is 0. The Balaban J connectivity index is 0.000000111. The summed E-state index contributed by atoms with van der Waals surface area (Å²) < 4.78 is 99.6. The van der Waals surface area contributed by atoms with Crippen molar-refractivity contribution in [3.05, 3.63) is 253 Å². The molecule has 0 radical (unpaired) electrons. The summed E-state index contributed by atoms with van der Waals surface area (Å²) in [7, 11) is 0. The first-order chi connectivity index (χ1) is 54.8. The highest BCUT2D eigenvalue weighted by Crippen LogP contribution is 2.54. The molecule has 14 heteroatoms. The van der Waals surface area contributed by atoms with E-state index in [1.165, 1.54) is 11.8 Å². The van der Waals surface area contributed by atoms with E-state index in [2.05, 4.69) is 136 Å². The van der Waals surface area contributed by atoms with Gasteiger partial charge in [-0.3, -0.25) is 0 Å². The fourth-order valence-electron chi connectivity index (χ4n) is 16.9. The summed E-state index contributed by atoms with van der Waals surface area (Å²) in [6.07, 6.45) is 2.62. The number of aromatic nitrogens is 2. The molecule has 16 aromatic rings. The SMILES string of the molecule is [2H]C(C)(C)N1c2ccccc2N(c2c(C)ccc3c2oc2ccccc23)C1C.[2H]C(C)(C)N1c2cccnc2N(c2c(C)ccc3c2oc2ccccc23)C1C.[2H]C([2H])([2H])C([2H])(C)N1c2ccccc2N(c2c(C)ccc3c2oc2ccccc23)C1C.[2H]C([2H])([2H])N1c2cccnc2N(c2c(C)ccc3c2oc2ccccc23)C1C. The van der Waals surface area contributed by atoms with Crippen LogP contribution in [0.3, 0.4) is 0 Å². The molecule has 0 N–H and O–H groups in total. The highest BCUT2D eigenvalue weighted by atomic mass is 16.3. The molecule has 532 valence electrons. The largest absolute Gasteiger partial charge is 0.454 e. The predicted molar refractivity (Wildman–Crippen MR) is 443 cm³/mol. The van der Waals surface area contributed by atoms with Gasteiger partial charge in [-0.05, 0) is 192 Å². The van der Waals surface area contributed by atoms with E-state index < -0.39 is 44.2 Å². The van der Waals surface area contributed by atoms with E-state index in [0.717, 1.165) is 167 Å². The van der Waals surface area contributed by atoms with Crippen LogP contribution in [0, 0.1) is 27.7 Å². The summed E-state index contributed by atoms with van der Waals surface area (Å²) in [6.45, 7) is 20.8. The molecule has 5 atom stereocenters. The number of anilines is 12. The number of furan rings is 4. The Kier molecular flexibility index (Phi) is 14.3. The quantitative estimate of drug-likeness (QED) is 0.151. The van der Waals surface area contributed by atoms with Gasteiger partial charge in [-0.2, -0.15) is 0 Å². The average Bonchev–Trinajstić information content (AvgIpc) is 1.58. The number of aryl methyl sites for hydroxylation is 4. The van der Waals surface area contributed by atoms with Crippen LogP contribution in [0.4, 0.5) is 68.5 Å². The number of fused-ring (bicyclic) bond motifs is 16. The fourth-order valence-corrected chi connectivity index (χ4v) is 16.9. The highest BCUT2D eigenvalue weighted by molar-refractivity contribution is 6.14. The van der Waals surface area contributed by atoms with Crippen LogP contribution in [0.25, 0.3) is 87.8 Å². The van der Waals surface area contributed by atoms with Crippen LogP contribution in [0.1, 0.15) is 104 Å². The average molecular weight is 1410 g/mol. The van der Waals surface area contributed by atoms with Crippen molar-refractivity contribution in [1.29, 1.82) is 0 Å². The van der Waals surface area contributed by atoms with Gasteiger partial charge >= 0.3 is 0 Å². The molecule has 4 aliphatic heterocycles. The lowest BCUT2D eigenvalue weighted by molar-refractivity contribution is 0.602. The standard InChI is InChI=1S/2C24H24N2O.C23H23N3O.C21H19N3O/c2*1-15(2)25-17(4)26(21-11-7-6-10-20(21)25)23-16(3)13-14-19-18-9-5-8-12-22(18)27-24(19)23;1-14(2)25-16(4)26(23-19(25)9-7-13-24-23)21-15(3)11-12-18-17-8-5-6-10-20(17)27-22(18)21;1-13-10-11-16-15-7-4-5-9-18(15)25-20(16)19(13)24-14(2)23(3)17-8-6-12-22-21(17)24/h2*5-15,17H,1-4H3;5-14,16H,1-4H3;4-12,14H,1-3H3/i1D3,15D;15D;14D;3D3. The summed E-state index contributed by atoms with van der Waals surface area (Å²) in [4.78, 5) is 25.2. The molecule has 10 aromatic carbocycles. The zero-order valence-electron chi connectivity index (χ0n) is 70.9. The van der Waals surface area contributed by atoms with Crippen molar-refractivity contribution in [1.82, 2.24) is 9.97 Å². The highest BCUT2D eigenvalue weighted by Gasteiger charge is 2.42. The molecule has 0 fully saturated rings. The number of para-hydroxylation sites is 8. The van der Waals surface area contributed by atoms with Gasteiger partial charge in [-0.25, -0.2) is 9.97 Å². The zero-order chi connectivity index (χ0) is 81.0. The second kappa shape index (κ2) is 26.4. The van der Waals surface area contributed by atoms with Crippen LogP contribution in [0.15, 0.2) is 248 Å². The van der Waals surface area contributed by atoms with E-state index in [1.807, 2.05) is 194 Å². The van der Waals surface area contributed by atoms with E-state index in [-0.39, 0.29) is 12.3 Å². The first-order valence-corrected chi connectivity index (χ1v) is 36.3. The third kappa shape index (κ3) is 10.6. The number of hydrogen-bond acceptors (Lipinski definition) is 14. The van der Waals surface area contributed by atoms with Gasteiger partial charge in [0.2, 0.25) is 0 Å². The van der Waals surface area contributed by atoms with Gasteiger partial charge in [0.1, 0.15) is 47.0 Å². The van der Waals surface area contributed by atoms with Gasteiger partial charge in [0.15, 0.2) is 34.0 Å². The van der Waals surface area contributed by atoms with Crippen LogP contribution in [0.2, 0.25) is 0 Å². The number of rotatable bonds is 7. The van der Waals surface area contributed by atoms with Crippen molar-refractivity contribution in [2.45, 2.75) is 140 Å². The van der Waals surface area contributed by atoms with E-state index in [9.17, 15) is 0 Å². The predicted octanol–water partition coefficient (Wildman–Crippen LogP) is 24.4. The Morgan fingerprint density at radius 1 is 0.311 bits per heavy atom. The second-order valence-electron chi connectivity index (χ2n) is 28.5. The van der Waals surface area contributed by atoms with Gasteiger partial charge in [-0.1, -0.05) is 146 Å². The molecule has 10 heterocycles. The van der Waals surface area contributed by atoms with Crippen molar-refractivity contribution in [2.24, 2.45) is 0 Å². The summed E-state index contributed by atoms with van der Waals surface area (Å²) in [5, 5.41) is 8.59. The second-order valence-corrected chi connectivity index (χ2v) is 28.5. The molecule has 0 amide bonds. The minimum Gasteiger partial charge on any atom is -0.454 e. The molecule has 4 aliphatic rings. The Labute approximate surface area is 632 Å². The molecule has 0 bridgehead atoms. The zero-order valence-corrected chi connectivity index (χ0v) is 61.9. The molecule has 5 unspecified atom stereocenters. The lowest BCUT2D eigenvalue weighted by Gasteiger charge is -2.33. The van der Waals surface area contributed by atoms with Crippen LogP contribution >= 0.6 is 0 Å². The van der Waals surface area contributed by atoms with Crippen LogP contribution in [-0.4, -0.2) is 59.7 Å². The van der Waals surface area contributed by atoms with Gasteiger partial charge in [0.05, 0.1) is 61.0 Å². The minimum absolute atomic E-state index is 0.00223. The van der Waals surface area contributed by atoms with Crippen molar-refractivity contribution >= 4 is 156 Å². The maximum absolute atomic E-state index is 8.81. The molecule has 20 rings (SSSR count). The fraction of sp³-hybridized carbons (Fsp3) is 0.239. The molecule has 0 aliphatic carbocycles. The minimum atomic E-state index is -2.48. The number of benzene rings is 10. The first kappa shape index (κ1) is 57.5. The van der Waals surface area contributed by atoms with Crippen LogP contribution in [0.5, 0.6) is 0 Å². The van der Waals surface area contributed by atoms with Crippen LogP contribution < -0.4 is 39.2 Å². The van der Waals surface area contributed by atoms with E-state index in [1.54, 1.807) is 23.2 Å². The maximum atomic E-state index is 8.81. The monoisotopic (exact) mass is 1410 g/mol. The number of nitrogens with zero attached hydrogens (tertiary/aromatic N) is 10. The van der Waals surface area contributed by atoms with Gasteiger partial charge in [0, 0.05) is 88.7 Å². The Morgan fingerprint density at radius 3 is 0.972 bits per heavy atom. The van der Waals surface area contributed by atoms with Crippen molar-refractivity contribution in [3.8, 4) is 0 Å². The third-order valence-corrected chi connectivity index (χ3v) is 21.5. The van der Waals surface area contributed by atoms with Gasteiger partial charge in [0.25, 0.3) is 0 Å². The molecule has 0 saturated carbocycles. The van der Waals surface area contributed by atoms with Gasteiger partial charge < -0.3 is 56.9 Å². The summed E-state index contributed by atoms with van der Waals surface area (Å²) in [6, 6.07) is 69.3. The van der Waals surface area contributed by atoms with Crippen molar-refractivity contribution in [3.63, 3.8) is 0 Å². The molecule has 0 spiro atoms. The first-order valence-electron chi connectivity index (χ1n) is 40.8. The molecular formula is C92H90N10O4. The molecule has 0 saturated heterocycles. The molecule has 106 heavy (non-hydrogen) atoms. The lowest BCUT2D eigenvalue weighted by atomic mass is 10.1. The molecule has 6 aromatic heterocycles. The Morgan fingerprint density at radius 2 is 0.604 bits per heavy atom. The normalized spacial score (nSPS) is 19.0. The van der Waals surface area contributed by atoms with E-state index >= 15 is 0 Å². The van der Waals surface area contributed by atoms with Crippen LogP contribution in [-0.2, 0) is 0 Å². The topological polar surface area (TPSA) is 104 Å². The molecule has 14 nitrogen and oxygen atoms in total. The third-order valence-electron chi connectivity index (χ3n) is 21.5. The molecular weight excluding hydrogens is 1310 g/mol. The lowest BCUT2D eigenvalue weighted by Crippen LogP contribution is -2.42. The van der Waals surface area contributed by atoms with Gasteiger partial charge in [-0.15, -0.1) is 0 Å². The summed E-state index contributed by atoms with van der Waals surface area (Å²) in [5.74, 6) is 1.49.